The number of nitrogens with zero attached hydrogens (tertiary/aromatic N) is 2. The van der Waals surface area contributed by atoms with Crippen molar-refractivity contribution >= 4 is 29.5 Å². The third-order valence-corrected chi connectivity index (χ3v) is 4.65. The third kappa shape index (κ3) is 4.03. The topological polar surface area (TPSA) is 96.0 Å². The molecule has 1 aromatic carbocycles. The zero-order valence-corrected chi connectivity index (χ0v) is 15.3. The first kappa shape index (κ1) is 19.5. The molecule has 3 rings (SSSR count). The van der Waals surface area contributed by atoms with Crippen molar-refractivity contribution in [1.29, 1.82) is 0 Å². The fraction of sp³-hybridized carbons (Fsp3) is 0.368. The number of halogens is 1. The zero-order valence-electron chi connectivity index (χ0n) is 15.3. The Bertz CT molecular complexity index is 828. The van der Waals surface area contributed by atoms with E-state index in [0.29, 0.717) is 32.5 Å². The average molecular weight is 389 g/mol. The summed E-state index contributed by atoms with van der Waals surface area (Å²) in [6.07, 6.45) is 2.49. The lowest BCUT2D eigenvalue weighted by molar-refractivity contribution is -0.149. The molecule has 2 heterocycles. The van der Waals surface area contributed by atoms with Crippen LogP contribution in [-0.2, 0) is 19.1 Å². The van der Waals surface area contributed by atoms with Gasteiger partial charge >= 0.3 is 12.0 Å². The highest BCUT2D eigenvalue weighted by molar-refractivity contribution is 6.37. The van der Waals surface area contributed by atoms with E-state index in [1.165, 1.54) is 18.3 Å². The molecule has 0 spiro atoms. The number of piperidine rings is 1. The van der Waals surface area contributed by atoms with Crippen LogP contribution in [0.1, 0.15) is 19.8 Å². The molecule has 0 aliphatic carbocycles. The van der Waals surface area contributed by atoms with Gasteiger partial charge in [0.1, 0.15) is 11.4 Å². The number of anilines is 1. The first-order chi connectivity index (χ1) is 13.4. The molecule has 1 aromatic rings. The number of urea groups is 1. The van der Waals surface area contributed by atoms with Crippen LogP contribution in [-0.4, -0.2) is 48.4 Å². The van der Waals surface area contributed by atoms with E-state index in [9.17, 15) is 23.6 Å². The molecule has 148 valence electrons. The number of barbiturate groups is 1. The van der Waals surface area contributed by atoms with Gasteiger partial charge in [-0.15, -0.1) is 0 Å². The highest BCUT2D eigenvalue weighted by atomic mass is 19.1. The number of hydrogen-bond donors (Lipinski definition) is 1. The number of amides is 4. The number of imide groups is 2. The Morgan fingerprint density at radius 2 is 1.86 bits per heavy atom. The number of hydrogen-bond acceptors (Lipinski definition) is 6. The predicted octanol–water partition coefficient (Wildman–Crippen LogP) is 1.57. The molecular formula is C19H20FN3O5. The van der Waals surface area contributed by atoms with E-state index in [1.54, 1.807) is 11.8 Å². The van der Waals surface area contributed by atoms with E-state index < -0.39 is 23.7 Å². The molecule has 2 aliphatic heterocycles. The molecule has 0 aromatic heterocycles. The van der Waals surface area contributed by atoms with E-state index in [1.807, 2.05) is 0 Å². The Morgan fingerprint density at radius 3 is 2.46 bits per heavy atom. The molecule has 0 unspecified atom stereocenters. The summed E-state index contributed by atoms with van der Waals surface area (Å²) in [4.78, 5) is 51.4. The van der Waals surface area contributed by atoms with Gasteiger partial charge < -0.3 is 9.64 Å². The highest BCUT2D eigenvalue weighted by Gasteiger charge is 2.37. The van der Waals surface area contributed by atoms with Gasteiger partial charge in [-0.3, -0.25) is 19.7 Å². The first-order valence-electron chi connectivity index (χ1n) is 8.98. The van der Waals surface area contributed by atoms with E-state index in [4.69, 9.17) is 4.74 Å². The average Bonchev–Trinajstić information content (AvgIpc) is 2.67. The molecule has 0 bridgehead atoms. The van der Waals surface area contributed by atoms with Gasteiger partial charge in [0.2, 0.25) is 0 Å². The van der Waals surface area contributed by atoms with Gasteiger partial charge in [0.05, 0.1) is 18.2 Å². The third-order valence-electron chi connectivity index (χ3n) is 4.65. The second kappa shape index (κ2) is 8.20. The minimum atomic E-state index is -0.889. The van der Waals surface area contributed by atoms with Gasteiger partial charge in [0.15, 0.2) is 0 Å². The largest absolute Gasteiger partial charge is 0.466 e. The van der Waals surface area contributed by atoms with Gasteiger partial charge in [-0.05, 0) is 44.0 Å². The molecule has 28 heavy (non-hydrogen) atoms. The lowest BCUT2D eigenvalue weighted by atomic mass is 9.97. The van der Waals surface area contributed by atoms with Crippen molar-refractivity contribution < 1.29 is 28.3 Å². The van der Waals surface area contributed by atoms with Gasteiger partial charge in [-0.25, -0.2) is 14.1 Å². The number of rotatable bonds is 4. The van der Waals surface area contributed by atoms with Crippen LogP contribution in [0.3, 0.4) is 0 Å². The maximum Gasteiger partial charge on any atom is 0.335 e. The SMILES string of the molecule is CCOC(=O)C1CCN(/C=C2/C(=O)NC(=O)N(c3ccc(F)cc3)C2=O)CC1. The smallest absolute Gasteiger partial charge is 0.335 e. The summed E-state index contributed by atoms with van der Waals surface area (Å²) in [5.41, 5.74) is -0.0400. The second-order valence-corrected chi connectivity index (χ2v) is 6.48. The van der Waals surface area contributed by atoms with Crippen LogP contribution >= 0.6 is 0 Å². The summed E-state index contributed by atoms with van der Waals surface area (Å²) >= 11 is 0. The van der Waals surface area contributed by atoms with Crippen molar-refractivity contribution in [2.75, 3.05) is 24.6 Å². The van der Waals surface area contributed by atoms with Gasteiger partial charge in [-0.2, -0.15) is 0 Å². The summed E-state index contributed by atoms with van der Waals surface area (Å²) in [6, 6.07) is 3.92. The van der Waals surface area contributed by atoms with Crippen LogP contribution in [0.2, 0.25) is 0 Å². The zero-order chi connectivity index (χ0) is 20.3. The maximum atomic E-state index is 13.1. The molecule has 0 radical (unpaired) electrons. The molecular weight excluding hydrogens is 369 g/mol. The monoisotopic (exact) mass is 389 g/mol. The van der Waals surface area contributed by atoms with Crippen molar-refractivity contribution in [1.82, 2.24) is 10.2 Å². The number of ether oxygens (including phenoxy) is 1. The van der Waals surface area contributed by atoms with E-state index >= 15 is 0 Å². The normalized spacial score (nSPS) is 19.8. The van der Waals surface area contributed by atoms with Crippen LogP contribution in [0.4, 0.5) is 14.9 Å². The van der Waals surface area contributed by atoms with Crippen molar-refractivity contribution in [3.05, 3.63) is 41.9 Å². The maximum absolute atomic E-state index is 13.1. The van der Waals surface area contributed by atoms with Crippen LogP contribution in [0, 0.1) is 11.7 Å². The molecule has 2 fully saturated rings. The van der Waals surface area contributed by atoms with Crippen molar-refractivity contribution in [2.24, 2.45) is 5.92 Å². The Balaban J connectivity index is 1.75. The second-order valence-electron chi connectivity index (χ2n) is 6.48. The number of likely N-dealkylation sites (tertiary alicyclic amines) is 1. The molecule has 2 saturated heterocycles. The van der Waals surface area contributed by atoms with Crippen LogP contribution in [0.25, 0.3) is 0 Å². The van der Waals surface area contributed by atoms with E-state index in [-0.39, 0.29) is 23.1 Å². The summed E-state index contributed by atoms with van der Waals surface area (Å²) in [5.74, 6) is -2.53. The fourth-order valence-electron chi connectivity index (χ4n) is 3.18. The number of benzene rings is 1. The lowest BCUT2D eigenvalue weighted by Crippen LogP contribution is -2.55. The summed E-state index contributed by atoms with van der Waals surface area (Å²) < 4.78 is 18.1. The van der Waals surface area contributed by atoms with Crippen LogP contribution < -0.4 is 10.2 Å². The van der Waals surface area contributed by atoms with E-state index in [2.05, 4.69) is 5.32 Å². The molecule has 2 aliphatic rings. The fourth-order valence-corrected chi connectivity index (χ4v) is 3.18. The quantitative estimate of drug-likeness (QED) is 0.477. The Kier molecular flexibility index (Phi) is 5.72. The Labute approximate surface area is 160 Å². The van der Waals surface area contributed by atoms with Crippen molar-refractivity contribution in [2.45, 2.75) is 19.8 Å². The number of carbonyl (C=O) groups excluding carboxylic acids is 4. The minimum absolute atomic E-state index is 0.156. The van der Waals surface area contributed by atoms with Crippen LogP contribution in [0.15, 0.2) is 36.0 Å². The van der Waals surface area contributed by atoms with Gasteiger partial charge in [0, 0.05) is 19.3 Å². The highest BCUT2D eigenvalue weighted by Crippen LogP contribution is 2.23. The Morgan fingerprint density at radius 1 is 1.21 bits per heavy atom. The van der Waals surface area contributed by atoms with Gasteiger partial charge in [0.25, 0.3) is 11.8 Å². The lowest BCUT2D eigenvalue weighted by Gasteiger charge is -2.32. The first-order valence-corrected chi connectivity index (χ1v) is 8.98. The molecule has 4 amide bonds. The molecule has 0 atom stereocenters. The van der Waals surface area contributed by atoms with E-state index in [0.717, 1.165) is 17.0 Å². The standard InChI is InChI=1S/C19H20FN3O5/c1-2-28-18(26)12-7-9-22(10-8-12)11-15-16(24)21-19(27)23(17(15)25)14-5-3-13(20)4-6-14/h3-6,11-12H,2,7-10H2,1H3,(H,21,24,27)/b15-11-. The molecule has 9 heteroatoms. The number of nitrogens with one attached hydrogen (secondary N) is 1. The molecule has 1 N–H and O–H groups in total. The Hall–Kier alpha value is -3.23. The summed E-state index contributed by atoms with van der Waals surface area (Å²) in [7, 11) is 0. The van der Waals surface area contributed by atoms with Gasteiger partial charge in [-0.1, -0.05) is 0 Å². The van der Waals surface area contributed by atoms with Crippen LogP contribution in [0.5, 0.6) is 0 Å². The summed E-state index contributed by atoms with van der Waals surface area (Å²) in [5, 5.41) is 2.12. The minimum Gasteiger partial charge on any atom is -0.466 e. The summed E-state index contributed by atoms with van der Waals surface area (Å²) in [6.45, 7) is 3.01. The number of esters is 1. The van der Waals surface area contributed by atoms with Crippen molar-refractivity contribution in [3.8, 4) is 0 Å². The predicted molar refractivity (Wildman–Crippen MR) is 96.4 cm³/mol. The number of carbonyl (C=O) groups is 4. The van der Waals surface area contributed by atoms with Crippen molar-refractivity contribution in [3.63, 3.8) is 0 Å². The molecule has 0 saturated carbocycles. The molecule has 8 nitrogen and oxygen atoms in total.